The number of nitrogens with one attached hydrogen (secondary N) is 1. The molecule has 0 aromatic rings. The zero-order chi connectivity index (χ0) is 18.3. The fourth-order valence-electron chi connectivity index (χ4n) is 1.62. The molecular formula is C12H21N3O8. The average Bonchev–Trinajstić information content (AvgIpc) is 2.48. The predicted molar refractivity (Wildman–Crippen MR) is 75.2 cm³/mol. The van der Waals surface area contributed by atoms with Crippen LogP contribution < -0.4 is 16.8 Å². The van der Waals surface area contributed by atoms with Crippen molar-refractivity contribution in [2.24, 2.45) is 11.5 Å². The summed E-state index contributed by atoms with van der Waals surface area (Å²) in [7, 11) is 0. The van der Waals surface area contributed by atoms with Crippen molar-refractivity contribution >= 4 is 17.7 Å². The maximum atomic E-state index is 11.8. The van der Waals surface area contributed by atoms with Crippen LogP contribution in [0.3, 0.4) is 0 Å². The molecule has 3 amide bonds. The number of rotatable bonds is 9. The fourth-order valence-corrected chi connectivity index (χ4v) is 1.62. The van der Waals surface area contributed by atoms with Gasteiger partial charge in [-0.05, 0) is 6.92 Å². The van der Waals surface area contributed by atoms with E-state index in [2.05, 4.69) is 5.32 Å². The molecule has 0 bridgehead atoms. The third-order valence-electron chi connectivity index (χ3n) is 2.93. The second kappa shape index (κ2) is 9.17. The summed E-state index contributed by atoms with van der Waals surface area (Å²) < 4.78 is 0. The van der Waals surface area contributed by atoms with E-state index in [1.165, 1.54) is 6.92 Å². The number of carbonyl (C=O) groups excluding carboxylic acids is 3. The normalized spacial score (nSPS) is 18.4. The predicted octanol–water partition coefficient (Wildman–Crippen LogP) is -5.18. The molecule has 0 saturated carbocycles. The van der Waals surface area contributed by atoms with Crippen LogP contribution in [0.5, 0.6) is 0 Å². The first-order valence-electron chi connectivity index (χ1n) is 6.47. The van der Waals surface area contributed by atoms with Gasteiger partial charge in [0.1, 0.15) is 18.3 Å². The van der Waals surface area contributed by atoms with E-state index >= 15 is 0 Å². The van der Waals surface area contributed by atoms with Gasteiger partial charge < -0.3 is 42.3 Å². The number of nitrogens with two attached hydrogens (primary N) is 2. The lowest BCUT2D eigenvalue weighted by molar-refractivity contribution is -0.149. The number of aliphatic hydroxyl groups excluding tert-OH is 5. The Bertz CT molecular complexity index is 481. The van der Waals surface area contributed by atoms with Gasteiger partial charge in [0.2, 0.25) is 11.8 Å². The third kappa shape index (κ3) is 6.30. The second-order valence-electron chi connectivity index (χ2n) is 4.77. The average molecular weight is 335 g/mol. The Kier molecular flexibility index (Phi) is 8.35. The van der Waals surface area contributed by atoms with Gasteiger partial charge in [0.25, 0.3) is 5.91 Å². The monoisotopic (exact) mass is 335 g/mol. The lowest BCUT2D eigenvalue weighted by Crippen LogP contribution is -2.53. The molecule has 132 valence electrons. The van der Waals surface area contributed by atoms with E-state index in [4.69, 9.17) is 21.7 Å². The highest BCUT2D eigenvalue weighted by atomic mass is 16.4. The van der Waals surface area contributed by atoms with Gasteiger partial charge in [0.15, 0.2) is 6.10 Å². The molecule has 0 radical (unpaired) electrons. The lowest BCUT2D eigenvalue weighted by atomic mass is 10.0. The highest BCUT2D eigenvalue weighted by Gasteiger charge is 2.35. The van der Waals surface area contributed by atoms with E-state index in [0.717, 1.165) is 0 Å². The summed E-state index contributed by atoms with van der Waals surface area (Å²) in [6.45, 7) is 0.353. The van der Waals surface area contributed by atoms with E-state index in [-0.39, 0.29) is 5.57 Å². The van der Waals surface area contributed by atoms with Crippen molar-refractivity contribution in [3.05, 3.63) is 11.6 Å². The number of amides is 3. The molecule has 11 heteroatoms. The van der Waals surface area contributed by atoms with Gasteiger partial charge >= 0.3 is 0 Å². The first kappa shape index (κ1) is 20.9. The molecule has 0 spiro atoms. The third-order valence-corrected chi connectivity index (χ3v) is 2.93. The summed E-state index contributed by atoms with van der Waals surface area (Å²) in [4.78, 5) is 33.7. The quantitative estimate of drug-likeness (QED) is 0.190. The molecule has 0 aliphatic heterocycles. The van der Waals surface area contributed by atoms with E-state index in [0.29, 0.717) is 6.08 Å². The van der Waals surface area contributed by atoms with Crippen molar-refractivity contribution in [3.63, 3.8) is 0 Å². The van der Waals surface area contributed by atoms with Crippen LogP contribution in [-0.4, -0.2) is 80.3 Å². The molecule has 0 rings (SSSR count). The summed E-state index contributed by atoms with van der Waals surface area (Å²) in [6.07, 6.45) is -7.37. The van der Waals surface area contributed by atoms with E-state index in [1.54, 1.807) is 0 Å². The Morgan fingerprint density at radius 3 is 2.00 bits per heavy atom. The van der Waals surface area contributed by atoms with E-state index in [1.807, 2.05) is 0 Å². The number of hydrogen-bond donors (Lipinski definition) is 8. The molecule has 0 saturated heterocycles. The maximum Gasteiger partial charge on any atom is 0.252 e. The molecule has 0 heterocycles. The smallest absolute Gasteiger partial charge is 0.252 e. The van der Waals surface area contributed by atoms with Gasteiger partial charge in [0, 0.05) is 11.6 Å². The van der Waals surface area contributed by atoms with Crippen LogP contribution >= 0.6 is 0 Å². The standard InChI is InChI=1S/C12H21N3O8/c1-4(5(11(14)22)2-7(13)18)15-12(23)10(21)9(20)8(19)6(17)3-16/h2,4,6,8-10,16-17,19-21H,3H2,1H3,(H2,13,18)(H2,14,22)(H,15,23)/b5-2-. The van der Waals surface area contributed by atoms with Gasteiger partial charge in [0.05, 0.1) is 12.6 Å². The van der Waals surface area contributed by atoms with Gasteiger partial charge in [-0.3, -0.25) is 14.4 Å². The van der Waals surface area contributed by atoms with Crippen LogP contribution in [0.25, 0.3) is 0 Å². The number of primary amides is 2. The molecule has 11 nitrogen and oxygen atoms in total. The minimum atomic E-state index is -2.18. The largest absolute Gasteiger partial charge is 0.394 e. The van der Waals surface area contributed by atoms with Crippen molar-refractivity contribution in [2.45, 2.75) is 37.4 Å². The minimum Gasteiger partial charge on any atom is -0.394 e. The molecule has 0 aliphatic rings. The summed E-state index contributed by atoms with van der Waals surface area (Å²) >= 11 is 0. The first-order chi connectivity index (χ1) is 10.5. The molecule has 5 atom stereocenters. The van der Waals surface area contributed by atoms with E-state index < -0.39 is 54.8 Å². The van der Waals surface area contributed by atoms with Crippen LogP contribution in [0.2, 0.25) is 0 Å². The van der Waals surface area contributed by atoms with Gasteiger partial charge in [-0.25, -0.2) is 0 Å². The zero-order valence-electron chi connectivity index (χ0n) is 12.3. The maximum absolute atomic E-state index is 11.8. The van der Waals surface area contributed by atoms with Crippen LogP contribution in [0.15, 0.2) is 11.6 Å². The Morgan fingerprint density at radius 2 is 1.61 bits per heavy atom. The highest BCUT2D eigenvalue weighted by molar-refractivity contribution is 6.01. The van der Waals surface area contributed by atoms with Crippen LogP contribution in [0.1, 0.15) is 6.92 Å². The fraction of sp³-hybridized carbons (Fsp3) is 0.583. The molecule has 0 aromatic carbocycles. The minimum absolute atomic E-state index is 0.344. The van der Waals surface area contributed by atoms with Crippen molar-refractivity contribution in [1.29, 1.82) is 0 Å². The second-order valence-corrected chi connectivity index (χ2v) is 4.77. The number of aliphatic hydroxyl groups is 5. The van der Waals surface area contributed by atoms with E-state index in [9.17, 15) is 29.7 Å². The number of carbonyl (C=O) groups is 3. The summed E-state index contributed by atoms with van der Waals surface area (Å²) in [5, 5.41) is 48.4. The molecule has 5 unspecified atom stereocenters. The summed E-state index contributed by atoms with van der Waals surface area (Å²) in [6, 6.07) is -1.13. The van der Waals surface area contributed by atoms with Crippen molar-refractivity contribution in [2.75, 3.05) is 6.61 Å². The summed E-state index contributed by atoms with van der Waals surface area (Å²) in [5.41, 5.74) is 9.57. The molecule has 0 fully saturated rings. The van der Waals surface area contributed by atoms with Gasteiger partial charge in [-0.15, -0.1) is 0 Å². The Labute approximate surface area is 131 Å². The molecular weight excluding hydrogens is 314 g/mol. The Morgan fingerprint density at radius 1 is 1.09 bits per heavy atom. The van der Waals surface area contributed by atoms with Crippen molar-refractivity contribution in [1.82, 2.24) is 5.32 Å². The zero-order valence-corrected chi connectivity index (χ0v) is 12.3. The van der Waals surface area contributed by atoms with Crippen LogP contribution in [0.4, 0.5) is 0 Å². The first-order valence-corrected chi connectivity index (χ1v) is 6.47. The Hall–Kier alpha value is -2.05. The molecule has 0 aliphatic carbocycles. The lowest BCUT2D eigenvalue weighted by Gasteiger charge is -2.26. The van der Waals surface area contributed by atoms with Gasteiger partial charge in [-0.2, -0.15) is 0 Å². The van der Waals surface area contributed by atoms with Gasteiger partial charge in [-0.1, -0.05) is 0 Å². The summed E-state index contributed by atoms with van der Waals surface area (Å²) in [5.74, 6) is -3.24. The van der Waals surface area contributed by atoms with Crippen LogP contribution in [0, 0.1) is 0 Å². The van der Waals surface area contributed by atoms with Crippen molar-refractivity contribution < 1.29 is 39.9 Å². The highest BCUT2D eigenvalue weighted by Crippen LogP contribution is 2.07. The molecule has 23 heavy (non-hydrogen) atoms. The SMILES string of the molecule is CC(NC(=O)C(O)C(O)C(O)C(O)CO)/C(=C/C(N)=O)C(N)=O. The van der Waals surface area contributed by atoms with Crippen LogP contribution in [-0.2, 0) is 14.4 Å². The van der Waals surface area contributed by atoms with Crippen molar-refractivity contribution in [3.8, 4) is 0 Å². The molecule has 0 aromatic heterocycles. The molecule has 10 N–H and O–H groups in total. The Balaban J connectivity index is 4.98. The topological polar surface area (TPSA) is 216 Å². The number of hydrogen-bond acceptors (Lipinski definition) is 8.